The van der Waals surface area contributed by atoms with Crippen LogP contribution in [0.5, 0.6) is 0 Å². The highest BCUT2D eigenvalue weighted by molar-refractivity contribution is 5.78. The van der Waals surface area contributed by atoms with E-state index in [1.54, 1.807) is 25.2 Å². The first-order valence-electron chi connectivity index (χ1n) is 9.23. The van der Waals surface area contributed by atoms with E-state index in [-0.39, 0.29) is 42.4 Å². The Bertz CT molecular complexity index is 1310. The first-order valence-corrected chi connectivity index (χ1v) is 9.23. The lowest BCUT2D eigenvalue weighted by Gasteiger charge is -2.08. The molecule has 2 heterocycles. The van der Waals surface area contributed by atoms with Crippen molar-refractivity contribution in [2.24, 2.45) is 7.05 Å². The van der Waals surface area contributed by atoms with Gasteiger partial charge in [0.15, 0.2) is 12.4 Å². The summed E-state index contributed by atoms with van der Waals surface area (Å²) in [5.41, 5.74) is 7.26. The number of nitrogens with two attached hydrogens (primary N) is 1. The fourth-order valence-electron chi connectivity index (χ4n) is 3.06. The summed E-state index contributed by atoms with van der Waals surface area (Å²) in [5, 5.41) is 2.87. The lowest BCUT2D eigenvalue weighted by atomic mass is 10.3. The molecule has 0 amide bonds. The summed E-state index contributed by atoms with van der Waals surface area (Å²) in [6.07, 6.45) is 0. The van der Waals surface area contributed by atoms with Crippen LogP contribution in [-0.2, 0) is 29.7 Å². The van der Waals surface area contributed by atoms with Crippen LogP contribution in [0, 0.1) is 5.82 Å². The van der Waals surface area contributed by atoms with E-state index in [0.29, 0.717) is 16.7 Å². The SMILES string of the molecule is Cn1c(=O)n(CC(=O)OCc2nc(N)nc(Nc3ccc(F)cc3)n2)c2ccccc21. The number of benzene rings is 2. The Labute approximate surface area is 175 Å². The van der Waals surface area contributed by atoms with Crippen LogP contribution >= 0.6 is 0 Å². The third-order valence-electron chi connectivity index (χ3n) is 4.50. The number of carbonyl (C=O) groups excluding carboxylic acids is 1. The van der Waals surface area contributed by atoms with E-state index in [9.17, 15) is 14.0 Å². The molecule has 0 atom stereocenters. The Morgan fingerprint density at radius 2 is 1.81 bits per heavy atom. The van der Waals surface area contributed by atoms with Gasteiger partial charge >= 0.3 is 11.7 Å². The number of halogens is 1. The molecule has 3 N–H and O–H groups in total. The number of rotatable bonds is 6. The first-order chi connectivity index (χ1) is 14.9. The number of imidazole rings is 1. The minimum atomic E-state index is -0.634. The van der Waals surface area contributed by atoms with Crippen molar-refractivity contribution in [1.29, 1.82) is 0 Å². The number of carbonyl (C=O) groups is 1. The number of ether oxygens (including phenoxy) is 1. The summed E-state index contributed by atoms with van der Waals surface area (Å²) in [4.78, 5) is 36.8. The molecule has 0 radical (unpaired) electrons. The van der Waals surface area contributed by atoms with Crippen molar-refractivity contribution in [2.45, 2.75) is 13.2 Å². The number of aryl methyl sites for hydroxylation is 1. The number of para-hydroxylation sites is 2. The molecule has 0 fully saturated rings. The van der Waals surface area contributed by atoms with Crippen LogP contribution in [0.2, 0.25) is 0 Å². The molecule has 158 valence electrons. The molecule has 0 saturated heterocycles. The van der Waals surface area contributed by atoms with E-state index in [0.717, 1.165) is 0 Å². The molecule has 0 aliphatic heterocycles. The number of nitrogens with one attached hydrogen (secondary N) is 1. The Kier molecular flexibility index (Phi) is 5.31. The summed E-state index contributed by atoms with van der Waals surface area (Å²) < 4.78 is 21.1. The van der Waals surface area contributed by atoms with Gasteiger partial charge < -0.3 is 15.8 Å². The molecule has 31 heavy (non-hydrogen) atoms. The van der Waals surface area contributed by atoms with Crippen LogP contribution in [0.25, 0.3) is 11.0 Å². The minimum absolute atomic E-state index is 0.0732. The molecule has 0 unspecified atom stereocenters. The molecule has 0 bridgehead atoms. The van der Waals surface area contributed by atoms with Crippen molar-refractivity contribution in [2.75, 3.05) is 11.1 Å². The Morgan fingerprint density at radius 3 is 2.55 bits per heavy atom. The number of nitrogens with zero attached hydrogens (tertiary/aromatic N) is 5. The predicted molar refractivity (Wildman–Crippen MR) is 111 cm³/mol. The van der Waals surface area contributed by atoms with Crippen molar-refractivity contribution in [3.8, 4) is 0 Å². The van der Waals surface area contributed by atoms with Gasteiger partial charge in [0.05, 0.1) is 11.0 Å². The molecule has 0 spiro atoms. The van der Waals surface area contributed by atoms with Gasteiger partial charge in [-0.05, 0) is 36.4 Å². The normalized spacial score (nSPS) is 10.9. The number of nitrogen functional groups attached to an aromatic ring is 1. The zero-order chi connectivity index (χ0) is 22.0. The molecular formula is C20H18FN7O3. The van der Waals surface area contributed by atoms with Gasteiger partial charge in [-0.15, -0.1) is 0 Å². The lowest BCUT2D eigenvalue weighted by Crippen LogP contribution is -2.26. The summed E-state index contributed by atoms with van der Waals surface area (Å²) in [6.45, 7) is -0.523. The van der Waals surface area contributed by atoms with E-state index >= 15 is 0 Å². The van der Waals surface area contributed by atoms with Crippen LogP contribution in [0.15, 0.2) is 53.3 Å². The van der Waals surface area contributed by atoms with Crippen molar-refractivity contribution in [3.05, 3.63) is 70.7 Å². The van der Waals surface area contributed by atoms with Gasteiger partial charge in [0.2, 0.25) is 11.9 Å². The largest absolute Gasteiger partial charge is 0.456 e. The third-order valence-corrected chi connectivity index (χ3v) is 4.50. The van der Waals surface area contributed by atoms with Crippen LogP contribution in [0.1, 0.15) is 5.82 Å². The highest BCUT2D eigenvalue weighted by Crippen LogP contribution is 2.15. The van der Waals surface area contributed by atoms with Gasteiger partial charge in [-0.2, -0.15) is 15.0 Å². The van der Waals surface area contributed by atoms with E-state index in [1.807, 2.05) is 6.07 Å². The van der Waals surface area contributed by atoms with Crippen LogP contribution < -0.4 is 16.7 Å². The smallest absolute Gasteiger partial charge is 0.329 e. The monoisotopic (exact) mass is 423 g/mol. The maximum Gasteiger partial charge on any atom is 0.329 e. The van der Waals surface area contributed by atoms with Crippen LogP contribution in [0.4, 0.5) is 22.0 Å². The van der Waals surface area contributed by atoms with E-state index in [1.165, 1.54) is 33.4 Å². The molecule has 2 aromatic heterocycles. The van der Waals surface area contributed by atoms with Gasteiger partial charge in [-0.1, -0.05) is 12.1 Å². The second-order valence-corrected chi connectivity index (χ2v) is 6.64. The molecule has 0 saturated carbocycles. The average Bonchev–Trinajstić information content (AvgIpc) is 2.99. The topological polar surface area (TPSA) is 130 Å². The van der Waals surface area contributed by atoms with Crippen molar-refractivity contribution in [1.82, 2.24) is 24.1 Å². The zero-order valence-electron chi connectivity index (χ0n) is 16.4. The highest BCUT2D eigenvalue weighted by Gasteiger charge is 2.15. The Morgan fingerprint density at radius 1 is 1.10 bits per heavy atom. The van der Waals surface area contributed by atoms with Gasteiger partial charge in [-0.3, -0.25) is 13.9 Å². The summed E-state index contributed by atoms with van der Waals surface area (Å²) in [5.74, 6) is -0.841. The van der Waals surface area contributed by atoms with Crippen LogP contribution in [-0.4, -0.2) is 30.1 Å². The maximum atomic E-state index is 13.0. The third kappa shape index (κ3) is 4.34. The lowest BCUT2D eigenvalue weighted by molar-refractivity contribution is -0.145. The number of hydrogen-bond acceptors (Lipinski definition) is 8. The van der Waals surface area contributed by atoms with Crippen molar-refractivity contribution >= 4 is 34.6 Å². The second-order valence-electron chi connectivity index (χ2n) is 6.64. The number of fused-ring (bicyclic) bond motifs is 1. The van der Waals surface area contributed by atoms with Crippen molar-refractivity contribution < 1.29 is 13.9 Å². The molecule has 0 aliphatic rings. The van der Waals surface area contributed by atoms with E-state index in [2.05, 4.69) is 20.3 Å². The molecule has 10 nitrogen and oxygen atoms in total. The summed E-state index contributed by atoms with van der Waals surface area (Å²) in [6, 6.07) is 12.7. The van der Waals surface area contributed by atoms with Crippen LogP contribution in [0.3, 0.4) is 0 Å². The van der Waals surface area contributed by atoms with E-state index < -0.39 is 5.97 Å². The zero-order valence-corrected chi connectivity index (χ0v) is 16.4. The fraction of sp³-hybridized carbons (Fsp3) is 0.150. The first kappa shape index (κ1) is 20.0. The summed E-state index contributed by atoms with van der Waals surface area (Å²) in [7, 11) is 1.63. The number of anilines is 3. The van der Waals surface area contributed by atoms with E-state index in [4.69, 9.17) is 10.5 Å². The van der Waals surface area contributed by atoms with Gasteiger partial charge in [0, 0.05) is 12.7 Å². The molecule has 4 rings (SSSR count). The molecule has 2 aromatic carbocycles. The standard InChI is InChI=1S/C20H18FN7O3/c1-27-14-4-2-3-5-15(14)28(20(27)30)10-17(29)31-11-16-24-18(22)26-19(25-16)23-13-8-6-12(21)7-9-13/h2-9H,10-11H2,1H3,(H3,22,23,24,25,26). The van der Waals surface area contributed by atoms with Gasteiger partial charge in [-0.25, -0.2) is 9.18 Å². The fourth-order valence-corrected chi connectivity index (χ4v) is 3.06. The number of esters is 1. The minimum Gasteiger partial charge on any atom is -0.456 e. The van der Waals surface area contributed by atoms with Gasteiger partial charge in [0.25, 0.3) is 0 Å². The average molecular weight is 423 g/mol. The Balaban J connectivity index is 1.45. The Hall–Kier alpha value is -4.28. The highest BCUT2D eigenvalue weighted by atomic mass is 19.1. The molecule has 0 aliphatic carbocycles. The second kappa shape index (κ2) is 8.22. The van der Waals surface area contributed by atoms with Gasteiger partial charge in [0.1, 0.15) is 12.4 Å². The number of hydrogen-bond donors (Lipinski definition) is 2. The predicted octanol–water partition coefficient (Wildman–Crippen LogP) is 1.73. The maximum absolute atomic E-state index is 13.0. The van der Waals surface area contributed by atoms with Crippen molar-refractivity contribution in [3.63, 3.8) is 0 Å². The molecular weight excluding hydrogens is 405 g/mol. The molecule has 11 heteroatoms. The number of aromatic nitrogens is 5. The summed E-state index contributed by atoms with van der Waals surface area (Å²) >= 11 is 0. The molecule has 4 aromatic rings. The quantitative estimate of drug-likeness (QED) is 0.449.